The molecule has 4 nitrogen and oxygen atoms in total. The summed E-state index contributed by atoms with van der Waals surface area (Å²) in [5.41, 5.74) is 0.237. The van der Waals surface area contributed by atoms with Gasteiger partial charge in [0.25, 0.3) is 0 Å². The maximum atomic E-state index is 13.6. The van der Waals surface area contributed by atoms with Crippen molar-refractivity contribution in [3.05, 3.63) is 30.1 Å². The van der Waals surface area contributed by atoms with Crippen LogP contribution in [0.1, 0.15) is 26.7 Å². The van der Waals surface area contributed by atoms with Crippen molar-refractivity contribution in [2.45, 2.75) is 32.7 Å². The number of hydrogen-bond donors (Lipinski definition) is 2. The molecule has 1 aromatic carbocycles. The van der Waals surface area contributed by atoms with E-state index >= 15 is 0 Å². The van der Waals surface area contributed by atoms with Gasteiger partial charge in [-0.05, 0) is 37.4 Å². The number of halogens is 1. The second kappa shape index (κ2) is 7.41. The quantitative estimate of drug-likeness (QED) is 0.896. The van der Waals surface area contributed by atoms with Crippen LogP contribution in [-0.4, -0.2) is 36.6 Å². The van der Waals surface area contributed by atoms with E-state index in [0.29, 0.717) is 25.0 Å². The Kier molecular flexibility index (Phi) is 5.56. The van der Waals surface area contributed by atoms with E-state index < -0.39 is 5.82 Å². The largest absolute Gasteiger partial charge is 0.324 e. The number of nitrogens with zero attached hydrogens (tertiary/aromatic N) is 1. The van der Waals surface area contributed by atoms with Crippen molar-refractivity contribution in [2.24, 2.45) is 5.92 Å². The number of likely N-dealkylation sites (tertiary alicyclic amines) is 1. The molecule has 2 unspecified atom stereocenters. The van der Waals surface area contributed by atoms with Gasteiger partial charge in [0.05, 0.1) is 5.69 Å². The Morgan fingerprint density at radius 2 is 2.19 bits per heavy atom. The summed E-state index contributed by atoms with van der Waals surface area (Å²) in [6.07, 6.45) is 2.05. The van der Waals surface area contributed by atoms with Crippen LogP contribution in [0.25, 0.3) is 0 Å². The summed E-state index contributed by atoms with van der Waals surface area (Å²) in [5.74, 6) is -0.00457. The molecule has 2 atom stereocenters. The lowest BCUT2D eigenvalue weighted by Gasteiger charge is -2.37. The van der Waals surface area contributed by atoms with Crippen LogP contribution in [0.3, 0.4) is 0 Å². The van der Waals surface area contributed by atoms with Gasteiger partial charge < -0.3 is 15.5 Å². The minimum absolute atomic E-state index is 0.221. The van der Waals surface area contributed by atoms with Crippen LogP contribution in [-0.2, 0) is 0 Å². The van der Waals surface area contributed by atoms with Gasteiger partial charge in [0.2, 0.25) is 0 Å². The summed E-state index contributed by atoms with van der Waals surface area (Å²) in [6, 6.07) is 6.48. The third-order valence-electron chi connectivity index (χ3n) is 3.96. The normalized spacial score (nSPS) is 22.1. The molecular weight excluding hydrogens is 269 g/mol. The first-order valence-electron chi connectivity index (χ1n) is 7.65. The lowest BCUT2D eigenvalue weighted by atomic mass is 9.94. The smallest absolute Gasteiger partial charge is 0.321 e. The number of benzene rings is 1. The SMILES string of the molecule is CCCNC1CCN(C(=O)Nc2ccccc2F)CC1C. The highest BCUT2D eigenvalue weighted by molar-refractivity contribution is 5.89. The van der Waals surface area contributed by atoms with E-state index in [9.17, 15) is 9.18 Å². The van der Waals surface area contributed by atoms with Crippen LogP contribution in [0.15, 0.2) is 24.3 Å². The molecule has 0 spiro atoms. The highest BCUT2D eigenvalue weighted by Crippen LogP contribution is 2.19. The first kappa shape index (κ1) is 15.8. The Hall–Kier alpha value is -1.62. The number of anilines is 1. The molecule has 2 amide bonds. The highest BCUT2D eigenvalue weighted by Gasteiger charge is 2.28. The summed E-state index contributed by atoms with van der Waals surface area (Å²) in [5, 5.41) is 6.17. The van der Waals surface area contributed by atoms with E-state index in [1.165, 1.54) is 6.07 Å². The Morgan fingerprint density at radius 3 is 2.86 bits per heavy atom. The van der Waals surface area contributed by atoms with Crippen molar-refractivity contribution in [2.75, 3.05) is 25.0 Å². The number of carbonyl (C=O) groups excluding carboxylic acids is 1. The molecule has 0 aromatic heterocycles. The number of carbonyl (C=O) groups is 1. The Bertz CT molecular complexity index is 480. The zero-order valence-electron chi connectivity index (χ0n) is 12.7. The lowest BCUT2D eigenvalue weighted by Crippen LogP contribution is -2.51. The zero-order valence-corrected chi connectivity index (χ0v) is 12.7. The lowest BCUT2D eigenvalue weighted by molar-refractivity contribution is 0.160. The molecular formula is C16H24FN3O. The number of nitrogens with one attached hydrogen (secondary N) is 2. The van der Waals surface area contributed by atoms with Gasteiger partial charge in [-0.15, -0.1) is 0 Å². The number of rotatable bonds is 4. The van der Waals surface area contributed by atoms with Gasteiger partial charge in [-0.1, -0.05) is 26.0 Å². The van der Waals surface area contributed by atoms with Crippen LogP contribution in [0.5, 0.6) is 0 Å². The molecule has 1 saturated heterocycles. The maximum absolute atomic E-state index is 13.6. The number of amides is 2. The molecule has 1 aliphatic rings. The Balaban J connectivity index is 1.89. The van der Waals surface area contributed by atoms with Gasteiger partial charge in [-0.3, -0.25) is 0 Å². The van der Waals surface area contributed by atoms with Gasteiger partial charge in [-0.2, -0.15) is 0 Å². The molecule has 0 saturated carbocycles. The van der Waals surface area contributed by atoms with E-state index in [1.807, 2.05) is 0 Å². The van der Waals surface area contributed by atoms with Crippen molar-refractivity contribution in [1.82, 2.24) is 10.2 Å². The van der Waals surface area contributed by atoms with Crippen LogP contribution in [0.4, 0.5) is 14.9 Å². The molecule has 5 heteroatoms. The maximum Gasteiger partial charge on any atom is 0.321 e. The van der Waals surface area contributed by atoms with Crippen molar-refractivity contribution >= 4 is 11.7 Å². The fourth-order valence-electron chi connectivity index (χ4n) is 2.72. The van der Waals surface area contributed by atoms with E-state index in [-0.39, 0.29) is 11.7 Å². The molecule has 1 heterocycles. The molecule has 21 heavy (non-hydrogen) atoms. The summed E-state index contributed by atoms with van der Waals surface area (Å²) in [7, 11) is 0. The van der Waals surface area contributed by atoms with Crippen LogP contribution in [0.2, 0.25) is 0 Å². The van der Waals surface area contributed by atoms with E-state index in [2.05, 4.69) is 24.5 Å². The Morgan fingerprint density at radius 1 is 1.43 bits per heavy atom. The minimum atomic E-state index is -0.404. The van der Waals surface area contributed by atoms with E-state index in [0.717, 1.165) is 19.4 Å². The van der Waals surface area contributed by atoms with Gasteiger partial charge in [0, 0.05) is 19.1 Å². The van der Waals surface area contributed by atoms with E-state index in [4.69, 9.17) is 0 Å². The third kappa shape index (κ3) is 4.17. The first-order chi connectivity index (χ1) is 10.1. The molecule has 0 radical (unpaired) electrons. The number of hydrogen-bond acceptors (Lipinski definition) is 2. The summed E-state index contributed by atoms with van der Waals surface area (Å²) in [4.78, 5) is 14.0. The molecule has 1 aromatic rings. The van der Waals surface area contributed by atoms with Gasteiger partial charge in [0.15, 0.2) is 0 Å². The molecule has 0 bridgehead atoms. The summed E-state index contributed by atoms with van der Waals surface area (Å²) in [6.45, 7) is 6.70. The standard InChI is InChI=1S/C16H24FN3O/c1-3-9-18-14-8-10-20(11-12(14)2)16(21)19-15-7-5-4-6-13(15)17/h4-7,12,14,18H,3,8-11H2,1-2H3,(H,19,21). The fraction of sp³-hybridized carbons (Fsp3) is 0.562. The van der Waals surface area contributed by atoms with Crippen LogP contribution in [0, 0.1) is 11.7 Å². The second-order valence-electron chi connectivity index (χ2n) is 5.68. The first-order valence-corrected chi connectivity index (χ1v) is 7.65. The molecule has 0 aliphatic carbocycles. The number of piperidine rings is 1. The van der Waals surface area contributed by atoms with Crippen molar-refractivity contribution in [3.8, 4) is 0 Å². The Labute approximate surface area is 125 Å². The van der Waals surface area contributed by atoms with Gasteiger partial charge >= 0.3 is 6.03 Å². The fourth-order valence-corrected chi connectivity index (χ4v) is 2.72. The monoisotopic (exact) mass is 293 g/mol. The van der Waals surface area contributed by atoms with E-state index in [1.54, 1.807) is 23.1 Å². The number of para-hydroxylation sites is 1. The topological polar surface area (TPSA) is 44.4 Å². The highest BCUT2D eigenvalue weighted by atomic mass is 19.1. The van der Waals surface area contributed by atoms with Gasteiger partial charge in [0.1, 0.15) is 5.82 Å². The van der Waals surface area contributed by atoms with Gasteiger partial charge in [-0.25, -0.2) is 9.18 Å². The predicted molar refractivity (Wildman–Crippen MR) is 82.9 cm³/mol. The molecule has 2 rings (SSSR count). The minimum Gasteiger partial charge on any atom is -0.324 e. The average molecular weight is 293 g/mol. The van der Waals surface area contributed by atoms with Crippen LogP contribution < -0.4 is 10.6 Å². The molecule has 1 aliphatic heterocycles. The number of urea groups is 1. The van der Waals surface area contributed by atoms with Crippen molar-refractivity contribution in [3.63, 3.8) is 0 Å². The molecule has 116 valence electrons. The zero-order chi connectivity index (χ0) is 15.2. The van der Waals surface area contributed by atoms with Crippen LogP contribution >= 0.6 is 0 Å². The second-order valence-corrected chi connectivity index (χ2v) is 5.68. The summed E-state index contributed by atoms with van der Waals surface area (Å²) >= 11 is 0. The predicted octanol–water partition coefficient (Wildman–Crippen LogP) is 3.07. The summed E-state index contributed by atoms with van der Waals surface area (Å²) < 4.78 is 13.6. The molecule has 2 N–H and O–H groups in total. The third-order valence-corrected chi connectivity index (χ3v) is 3.96. The van der Waals surface area contributed by atoms with Crippen molar-refractivity contribution in [1.29, 1.82) is 0 Å². The average Bonchev–Trinajstić information content (AvgIpc) is 2.48. The van der Waals surface area contributed by atoms with Crippen molar-refractivity contribution < 1.29 is 9.18 Å². The molecule has 1 fully saturated rings.